The number of para-hydroxylation sites is 2. The van der Waals surface area contributed by atoms with Crippen LogP contribution in [0.2, 0.25) is 0 Å². The molecule has 0 radical (unpaired) electrons. The van der Waals surface area contributed by atoms with E-state index in [0.29, 0.717) is 23.7 Å². The minimum absolute atomic E-state index is 0.00545. The molecule has 0 spiro atoms. The fourth-order valence-electron chi connectivity index (χ4n) is 4.18. The molecule has 0 N–H and O–H groups in total. The first-order valence-corrected chi connectivity index (χ1v) is 14.3. The molecule has 4 heteroatoms. The zero-order valence-electron chi connectivity index (χ0n) is 22.9. The molecule has 0 heterocycles. The monoisotopic (exact) mass is 496 g/mol. The van der Waals surface area contributed by atoms with Gasteiger partial charge < -0.3 is 14.2 Å². The topological polar surface area (TPSA) is 44.8 Å². The summed E-state index contributed by atoms with van der Waals surface area (Å²) in [6.45, 7) is 7.88. The third-order valence-electron chi connectivity index (χ3n) is 6.54. The Balaban J connectivity index is 1.68. The van der Waals surface area contributed by atoms with Gasteiger partial charge in [0.25, 0.3) is 0 Å². The first-order chi connectivity index (χ1) is 17.7. The van der Waals surface area contributed by atoms with Gasteiger partial charge in [0.15, 0.2) is 11.5 Å². The van der Waals surface area contributed by atoms with Crippen molar-refractivity contribution in [3.8, 4) is 11.5 Å². The van der Waals surface area contributed by atoms with E-state index in [2.05, 4.69) is 20.8 Å². The lowest BCUT2D eigenvalue weighted by Gasteiger charge is -2.14. The average Bonchev–Trinajstić information content (AvgIpc) is 2.90. The molecule has 1 unspecified atom stereocenters. The lowest BCUT2D eigenvalue weighted by Crippen LogP contribution is -2.10. The minimum Gasteiger partial charge on any atom is -0.490 e. The van der Waals surface area contributed by atoms with Crippen molar-refractivity contribution in [1.82, 2.24) is 0 Å². The van der Waals surface area contributed by atoms with Gasteiger partial charge in [0.1, 0.15) is 0 Å². The molecule has 200 valence electrons. The Morgan fingerprint density at radius 2 is 1.19 bits per heavy atom. The lowest BCUT2D eigenvalue weighted by atomic mass is 10.1. The van der Waals surface area contributed by atoms with Crippen LogP contribution in [-0.4, -0.2) is 19.2 Å². The summed E-state index contributed by atoms with van der Waals surface area (Å²) in [5.74, 6) is 0.675. The number of benzene rings is 2. The van der Waals surface area contributed by atoms with E-state index in [9.17, 15) is 4.79 Å². The number of carbonyl (C=O) groups excluding carboxylic acids is 1. The number of rotatable bonds is 20. The molecule has 0 fully saturated rings. The van der Waals surface area contributed by atoms with Gasteiger partial charge >= 0.3 is 5.97 Å². The molecule has 2 aromatic carbocycles. The van der Waals surface area contributed by atoms with Gasteiger partial charge in [-0.15, -0.1) is 0 Å². The average molecular weight is 497 g/mol. The van der Waals surface area contributed by atoms with Crippen LogP contribution >= 0.6 is 0 Å². The summed E-state index contributed by atoms with van der Waals surface area (Å²) in [5, 5.41) is 0. The van der Waals surface area contributed by atoms with Crippen molar-refractivity contribution in [2.45, 2.75) is 110 Å². The van der Waals surface area contributed by atoms with Gasteiger partial charge in [0.2, 0.25) is 0 Å². The third kappa shape index (κ3) is 12.1. The summed E-state index contributed by atoms with van der Waals surface area (Å²) in [4.78, 5) is 12.7. The Kier molecular flexibility index (Phi) is 15.7. The molecule has 0 aliphatic heterocycles. The predicted octanol–water partition coefficient (Wildman–Crippen LogP) is 9.47. The smallest absolute Gasteiger partial charge is 0.343 e. The van der Waals surface area contributed by atoms with Crippen molar-refractivity contribution in [2.24, 2.45) is 0 Å². The molecular formula is C32H48O4. The van der Waals surface area contributed by atoms with Crippen molar-refractivity contribution in [3.05, 3.63) is 59.7 Å². The first-order valence-electron chi connectivity index (χ1n) is 14.3. The third-order valence-corrected chi connectivity index (χ3v) is 6.54. The Hall–Kier alpha value is -2.33. The second-order valence-electron chi connectivity index (χ2n) is 9.71. The van der Waals surface area contributed by atoms with E-state index in [-0.39, 0.29) is 12.1 Å². The quantitative estimate of drug-likeness (QED) is 0.104. The molecule has 4 nitrogen and oxygen atoms in total. The molecular weight excluding hydrogens is 448 g/mol. The maximum absolute atomic E-state index is 12.7. The fourth-order valence-corrected chi connectivity index (χ4v) is 4.18. The Bertz CT molecular complexity index is 830. The molecule has 2 rings (SSSR count). The highest BCUT2D eigenvalue weighted by molar-refractivity contribution is 5.91. The zero-order valence-corrected chi connectivity index (χ0v) is 22.9. The van der Waals surface area contributed by atoms with Crippen LogP contribution in [0.1, 0.15) is 126 Å². The maximum Gasteiger partial charge on any atom is 0.343 e. The van der Waals surface area contributed by atoms with Crippen molar-refractivity contribution < 1.29 is 19.0 Å². The molecule has 0 amide bonds. The Morgan fingerprint density at radius 3 is 1.83 bits per heavy atom. The molecule has 1 atom stereocenters. The van der Waals surface area contributed by atoms with Crippen LogP contribution in [0.15, 0.2) is 48.5 Å². The van der Waals surface area contributed by atoms with Crippen LogP contribution in [0.3, 0.4) is 0 Å². The number of hydrogen-bond donors (Lipinski definition) is 0. The molecule has 0 aromatic heterocycles. The fraction of sp³-hybridized carbons (Fsp3) is 0.594. The molecule has 0 aliphatic rings. The number of ether oxygens (including phenoxy) is 3. The van der Waals surface area contributed by atoms with Gasteiger partial charge in [-0.05, 0) is 49.6 Å². The summed E-state index contributed by atoms with van der Waals surface area (Å²) in [6.07, 6.45) is 16.5. The first kappa shape index (κ1) is 29.9. The number of unbranched alkanes of at least 4 members (excludes halogenated alkanes) is 11. The molecule has 36 heavy (non-hydrogen) atoms. The summed E-state index contributed by atoms with van der Waals surface area (Å²) in [6, 6.07) is 14.9. The standard InChI is InChI=1S/C32H48O4/c1-4-6-8-9-10-11-12-13-14-18-25-34-27(3)28-21-23-29(24-22-28)32(33)36-31-20-16-15-19-30(31)35-26-17-7-5-2/h15-16,19-24,27H,4-14,17-18,25-26H2,1-3H3. The van der Waals surface area contributed by atoms with Gasteiger partial charge in [0.05, 0.1) is 18.3 Å². The summed E-state index contributed by atoms with van der Waals surface area (Å²) < 4.78 is 17.5. The number of hydrogen-bond acceptors (Lipinski definition) is 4. The van der Waals surface area contributed by atoms with Gasteiger partial charge in [-0.2, -0.15) is 0 Å². The minimum atomic E-state index is -0.384. The molecule has 0 saturated heterocycles. The second kappa shape index (κ2) is 18.9. The van der Waals surface area contributed by atoms with Crippen LogP contribution in [0.5, 0.6) is 11.5 Å². The van der Waals surface area contributed by atoms with E-state index >= 15 is 0 Å². The van der Waals surface area contributed by atoms with Crippen molar-refractivity contribution in [1.29, 1.82) is 0 Å². The van der Waals surface area contributed by atoms with Crippen molar-refractivity contribution in [3.63, 3.8) is 0 Å². The second-order valence-corrected chi connectivity index (χ2v) is 9.71. The van der Waals surface area contributed by atoms with Crippen LogP contribution in [0.4, 0.5) is 0 Å². The Morgan fingerprint density at radius 1 is 0.667 bits per heavy atom. The molecule has 0 aliphatic carbocycles. The van der Waals surface area contributed by atoms with Crippen molar-refractivity contribution >= 4 is 5.97 Å². The predicted molar refractivity (Wildman–Crippen MR) is 149 cm³/mol. The molecule has 2 aromatic rings. The molecule has 0 saturated carbocycles. The number of carbonyl (C=O) groups is 1. The Labute approximate surface area is 219 Å². The zero-order chi connectivity index (χ0) is 25.8. The largest absolute Gasteiger partial charge is 0.490 e. The van der Waals surface area contributed by atoms with Gasteiger partial charge in [0, 0.05) is 6.61 Å². The van der Waals surface area contributed by atoms with E-state index in [1.54, 1.807) is 6.07 Å². The maximum atomic E-state index is 12.7. The van der Waals surface area contributed by atoms with Gasteiger partial charge in [-0.1, -0.05) is 109 Å². The highest BCUT2D eigenvalue weighted by atomic mass is 16.6. The summed E-state index contributed by atoms with van der Waals surface area (Å²) in [7, 11) is 0. The van der Waals surface area contributed by atoms with Crippen LogP contribution in [0, 0.1) is 0 Å². The normalized spacial score (nSPS) is 11.9. The van der Waals surface area contributed by atoms with E-state index < -0.39 is 0 Å². The van der Waals surface area contributed by atoms with Gasteiger partial charge in [-0.3, -0.25) is 0 Å². The van der Waals surface area contributed by atoms with E-state index in [1.807, 2.05) is 42.5 Å². The molecule has 0 bridgehead atoms. The van der Waals surface area contributed by atoms with Crippen LogP contribution in [0.25, 0.3) is 0 Å². The van der Waals surface area contributed by atoms with Crippen molar-refractivity contribution in [2.75, 3.05) is 13.2 Å². The van der Waals surface area contributed by atoms with E-state index in [0.717, 1.165) is 37.9 Å². The highest BCUT2D eigenvalue weighted by Crippen LogP contribution is 2.28. The number of esters is 1. The lowest BCUT2D eigenvalue weighted by molar-refractivity contribution is 0.0625. The van der Waals surface area contributed by atoms with E-state index in [4.69, 9.17) is 14.2 Å². The SMILES string of the molecule is CCCCCCCCCCCCOC(C)c1ccc(C(=O)Oc2ccccc2OCCCCC)cc1. The van der Waals surface area contributed by atoms with Crippen LogP contribution in [-0.2, 0) is 4.74 Å². The van der Waals surface area contributed by atoms with Gasteiger partial charge in [-0.25, -0.2) is 4.79 Å². The highest BCUT2D eigenvalue weighted by Gasteiger charge is 2.14. The van der Waals surface area contributed by atoms with Crippen LogP contribution < -0.4 is 9.47 Å². The summed E-state index contributed by atoms with van der Waals surface area (Å²) >= 11 is 0. The summed E-state index contributed by atoms with van der Waals surface area (Å²) in [5.41, 5.74) is 1.58. The van der Waals surface area contributed by atoms with E-state index in [1.165, 1.54) is 57.8 Å².